The van der Waals surface area contributed by atoms with Gasteiger partial charge in [0, 0.05) is 12.8 Å². The third-order valence-electron chi connectivity index (χ3n) is 3.18. The van der Waals surface area contributed by atoms with Crippen LogP contribution < -0.4 is 4.74 Å². The molecule has 100 valence electrons. The molecule has 1 atom stereocenters. The van der Waals surface area contributed by atoms with Gasteiger partial charge in [0.1, 0.15) is 5.75 Å². The molecule has 3 heteroatoms. The molecule has 19 heavy (non-hydrogen) atoms. The molecule has 0 aliphatic rings. The van der Waals surface area contributed by atoms with Gasteiger partial charge in [-0.25, -0.2) is 0 Å². The number of hydrogen-bond acceptors (Lipinski definition) is 3. The van der Waals surface area contributed by atoms with Crippen molar-refractivity contribution in [1.29, 1.82) is 0 Å². The molecular weight excluding hydrogens is 256 g/mol. The van der Waals surface area contributed by atoms with Crippen molar-refractivity contribution in [2.24, 2.45) is 0 Å². The van der Waals surface area contributed by atoms with Crippen LogP contribution in [0.5, 0.6) is 5.75 Å². The summed E-state index contributed by atoms with van der Waals surface area (Å²) in [5, 5.41) is 2.99. The summed E-state index contributed by atoms with van der Waals surface area (Å²) in [4.78, 5) is 0. The maximum Gasteiger partial charge on any atom is 0.156 e. The van der Waals surface area contributed by atoms with Crippen molar-refractivity contribution < 1.29 is 9.47 Å². The first kappa shape index (κ1) is 13.8. The third-order valence-corrected chi connectivity index (χ3v) is 3.29. The van der Waals surface area contributed by atoms with Crippen LogP contribution in [0.2, 0.25) is 0 Å². The van der Waals surface area contributed by atoms with Crippen molar-refractivity contribution in [3.8, 4) is 5.75 Å². The lowest BCUT2D eigenvalue weighted by Crippen LogP contribution is -2.06. The summed E-state index contributed by atoms with van der Waals surface area (Å²) in [5.41, 5.74) is 1.26. The van der Waals surface area contributed by atoms with E-state index in [0.717, 1.165) is 5.75 Å². The molecule has 2 aromatic rings. The molecule has 1 unspecified atom stereocenters. The molecule has 0 aliphatic heterocycles. The minimum atomic E-state index is 0.324. The van der Waals surface area contributed by atoms with Crippen LogP contribution in [0.4, 0.5) is 0 Å². The second-order valence-electron chi connectivity index (χ2n) is 4.68. The van der Waals surface area contributed by atoms with Gasteiger partial charge in [0.25, 0.3) is 0 Å². The van der Waals surface area contributed by atoms with Crippen LogP contribution in [-0.4, -0.2) is 18.8 Å². The number of ether oxygens (including phenoxy) is 2. The monoisotopic (exact) mass is 274 g/mol. The van der Waals surface area contributed by atoms with E-state index in [-0.39, 0.29) is 0 Å². The van der Waals surface area contributed by atoms with Gasteiger partial charge in [-0.15, -0.1) is 0 Å². The number of methoxy groups -OCH3 is 1. The number of fused-ring (bicyclic) bond motifs is 1. The molecule has 0 aromatic heterocycles. The Morgan fingerprint density at radius 2 is 1.84 bits per heavy atom. The van der Waals surface area contributed by atoms with Gasteiger partial charge in [-0.3, -0.25) is 0 Å². The first-order chi connectivity index (χ1) is 9.10. The minimum Gasteiger partial charge on any atom is -0.497 e. The summed E-state index contributed by atoms with van der Waals surface area (Å²) in [6, 6.07) is 12.6. The summed E-state index contributed by atoms with van der Waals surface area (Å²) in [6.07, 6.45) is 0. The Bertz CT molecular complexity index is 592. The number of benzene rings is 2. The van der Waals surface area contributed by atoms with Crippen LogP contribution >= 0.6 is 12.2 Å². The fourth-order valence-corrected chi connectivity index (χ4v) is 2.08. The van der Waals surface area contributed by atoms with Crippen molar-refractivity contribution in [2.75, 3.05) is 13.7 Å². The molecule has 0 spiro atoms. The second kappa shape index (κ2) is 6.02. The number of thiocarbonyl (C=S) groups is 1. The standard InChI is InChI=1S/C16H18O2S/c1-11(10-18-12(2)19)13-4-5-15-9-16(17-3)7-6-14(15)8-13/h4-9,11H,10H2,1-3H3. The summed E-state index contributed by atoms with van der Waals surface area (Å²) in [7, 11) is 1.68. The highest BCUT2D eigenvalue weighted by Crippen LogP contribution is 2.25. The van der Waals surface area contributed by atoms with Gasteiger partial charge in [0.15, 0.2) is 5.05 Å². The van der Waals surface area contributed by atoms with E-state index in [4.69, 9.17) is 21.7 Å². The fourth-order valence-electron chi connectivity index (χ4n) is 2.01. The van der Waals surface area contributed by atoms with Crippen molar-refractivity contribution in [3.63, 3.8) is 0 Å². The summed E-state index contributed by atoms with van der Waals surface area (Å²) >= 11 is 4.93. The highest BCUT2D eigenvalue weighted by atomic mass is 32.1. The van der Waals surface area contributed by atoms with E-state index >= 15 is 0 Å². The van der Waals surface area contributed by atoms with E-state index < -0.39 is 0 Å². The van der Waals surface area contributed by atoms with Crippen LogP contribution in [0, 0.1) is 0 Å². The molecule has 0 saturated carbocycles. The van der Waals surface area contributed by atoms with Crippen molar-refractivity contribution >= 4 is 28.0 Å². The van der Waals surface area contributed by atoms with Crippen molar-refractivity contribution in [2.45, 2.75) is 19.8 Å². The lowest BCUT2D eigenvalue weighted by atomic mass is 9.98. The first-order valence-corrected chi connectivity index (χ1v) is 6.72. The Morgan fingerprint density at radius 1 is 1.16 bits per heavy atom. The Balaban J connectivity index is 2.23. The smallest absolute Gasteiger partial charge is 0.156 e. The molecular formula is C16H18O2S. The topological polar surface area (TPSA) is 18.5 Å². The molecule has 2 nitrogen and oxygen atoms in total. The van der Waals surface area contributed by atoms with Gasteiger partial charge in [0.05, 0.1) is 13.7 Å². The van der Waals surface area contributed by atoms with Gasteiger partial charge in [-0.1, -0.05) is 31.2 Å². The van der Waals surface area contributed by atoms with Crippen molar-refractivity contribution in [1.82, 2.24) is 0 Å². The Hall–Kier alpha value is -1.61. The molecule has 2 rings (SSSR count). The van der Waals surface area contributed by atoms with Gasteiger partial charge < -0.3 is 9.47 Å². The molecule has 2 aromatic carbocycles. The highest BCUT2D eigenvalue weighted by Gasteiger charge is 2.07. The second-order valence-corrected chi connectivity index (χ2v) is 5.25. The molecule has 0 saturated heterocycles. The summed E-state index contributed by atoms with van der Waals surface area (Å²) in [5.74, 6) is 1.21. The van der Waals surface area contributed by atoms with E-state index in [2.05, 4.69) is 31.2 Å². The molecule has 0 fully saturated rings. The quantitative estimate of drug-likeness (QED) is 0.774. The summed E-state index contributed by atoms with van der Waals surface area (Å²) in [6.45, 7) is 4.56. The lowest BCUT2D eigenvalue weighted by molar-refractivity contribution is 0.289. The number of rotatable bonds is 4. The zero-order valence-electron chi connectivity index (χ0n) is 11.5. The molecule has 0 bridgehead atoms. The minimum absolute atomic E-state index is 0.324. The zero-order chi connectivity index (χ0) is 13.8. The fraction of sp³-hybridized carbons (Fsp3) is 0.312. The van der Waals surface area contributed by atoms with Crippen molar-refractivity contribution in [3.05, 3.63) is 42.0 Å². The maximum absolute atomic E-state index is 5.42. The van der Waals surface area contributed by atoms with E-state index in [1.165, 1.54) is 16.3 Å². The van der Waals surface area contributed by atoms with E-state index in [1.807, 2.05) is 12.1 Å². The SMILES string of the molecule is COc1ccc2cc(C(C)COC(C)=S)ccc2c1. The third kappa shape index (κ3) is 3.44. The van der Waals surface area contributed by atoms with Crippen LogP contribution in [0.25, 0.3) is 10.8 Å². The predicted molar refractivity (Wildman–Crippen MR) is 83.1 cm³/mol. The lowest BCUT2D eigenvalue weighted by Gasteiger charge is -2.13. The zero-order valence-corrected chi connectivity index (χ0v) is 12.3. The average Bonchev–Trinajstić information content (AvgIpc) is 2.43. The molecule has 0 heterocycles. The molecule has 0 amide bonds. The van der Waals surface area contributed by atoms with Crippen LogP contribution in [-0.2, 0) is 4.74 Å². The largest absolute Gasteiger partial charge is 0.497 e. The van der Waals surface area contributed by atoms with Gasteiger partial charge in [-0.05, 0) is 40.7 Å². The van der Waals surface area contributed by atoms with E-state index in [0.29, 0.717) is 17.6 Å². The van der Waals surface area contributed by atoms with Crippen LogP contribution in [0.3, 0.4) is 0 Å². The predicted octanol–water partition coefficient (Wildman–Crippen LogP) is 4.32. The Labute approximate surface area is 119 Å². The number of hydrogen-bond donors (Lipinski definition) is 0. The Kier molecular flexibility index (Phi) is 4.38. The maximum atomic E-state index is 5.42. The van der Waals surface area contributed by atoms with Gasteiger partial charge >= 0.3 is 0 Å². The van der Waals surface area contributed by atoms with Gasteiger partial charge in [-0.2, -0.15) is 0 Å². The molecule has 0 aliphatic carbocycles. The molecule has 0 radical (unpaired) electrons. The summed E-state index contributed by atoms with van der Waals surface area (Å²) < 4.78 is 10.6. The van der Waals surface area contributed by atoms with E-state index in [1.54, 1.807) is 14.0 Å². The van der Waals surface area contributed by atoms with Gasteiger partial charge in [0.2, 0.25) is 0 Å². The van der Waals surface area contributed by atoms with Crippen LogP contribution in [0.1, 0.15) is 25.3 Å². The van der Waals surface area contributed by atoms with Crippen LogP contribution in [0.15, 0.2) is 36.4 Å². The Morgan fingerprint density at radius 3 is 2.53 bits per heavy atom. The normalized spacial score (nSPS) is 12.2. The molecule has 0 N–H and O–H groups in total. The average molecular weight is 274 g/mol. The first-order valence-electron chi connectivity index (χ1n) is 6.31. The highest BCUT2D eigenvalue weighted by molar-refractivity contribution is 7.80. The van der Waals surface area contributed by atoms with E-state index in [9.17, 15) is 0 Å².